The highest BCUT2D eigenvalue weighted by Gasteiger charge is 2.18. The van der Waals surface area contributed by atoms with E-state index in [2.05, 4.69) is 37.5 Å². The number of anilines is 1. The van der Waals surface area contributed by atoms with E-state index in [1.54, 1.807) is 18.9 Å². The minimum atomic E-state index is -0.478. The van der Waals surface area contributed by atoms with Gasteiger partial charge in [0.05, 0.1) is 5.52 Å². The third-order valence-corrected chi connectivity index (χ3v) is 5.68. The smallest absolute Gasteiger partial charge is 0.273 e. The van der Waals surface area contributed by atoms with Crippen LogP contribution in [0.3, 0.4) is 0 Å². The number of aromatic nitrogens is 5. The largest absolute Gasteiger partial charge is 0.382 e. The number of hydrogen-bond donors (Lipinski definition) is 2. The zero-order chi connectivity index (χ0) is 26.9. The summed E-state index contributed by atoms with van der Waals surface area (Å²) in [5, 5.41) is 14.6. The summed E-state index contributed by atoms with van der Waals surface area (Å²) in [5.41, 5.74) is 8.46. The number of aliphatic imine (C=N–C) groups is 2. The Bertz CT molecular complexity index is 1330. The van der Waals surface area contributed by atoms with Crippen molar-refractivity contribution in [3.8, 4) is 0 Å². The first-order valence-corrected chi connectivity index (χ1v) is 11.5. The van der Waals surface area contributed by atoms with E-state index < -0.39 is 5.91 Å². The number of pyridine rings is 1. The quantitative estimate of drug-likeness (QED) is 0.284. The normalized spacial score (nSPS) is 11.9. The molecule has 0 radical (unpaired) electrons. The first kappa shape index (κ1) is 26.9. The van der Waals surface area contributed by atoms with Crippen LogP contribution in [0.4, 0.5) is 5.82 Å². The Morgan fingerprint density at radius 2 is 2.05 bits per heavy atom. The number of aryl methyl sites for hydroxylation is 1. The van der Waals surface area contributed by atoms with Gasteiger partial charge in [-0.2, -0.15) is 0 Å². The van der Waals surface area contributed by atoms with Crippen LogP contribution >= 0.6 is 0 Å². The Hall–Kier alpha value is -4.68. The second kappa shape index (κ2) is 12.3. The van der Waals surface area contributed by atoms with Crippen molar-refractivity contribution in [1.29, 1.82) is 0 Å². The third kappa shape index (κ3) is 6.72. The van der Waals surface area contributed by atoms with Crippen molar-refractivity contribution >= 4 is 41.5 Å². The number of hydrogen-bond acceptors (Lipinski definition) is 10. The van der Waals surface area contributed by atoms with E-state index in [-0.39, 0.29) is 30.5 Å². The molecule has 0 saturated carbocycles. The van der Waals surface area contributed by atoms with Crippen LogP contribution in [0.15, 0.2) is 52.1 Å². The van der Waals surface area contributed by atoms with Gasteiger partial charge in [0.25, 0.3) is 5.91 Å². The van der Waals surface area contributed by atoms with Crippen molar-refractivity contribution in [1.82, 2.24) is 35.4 Å². The number of rotatable bonds is 11. The predicted octanol–water partition coefficient (Wildman–Crippen LogP) is 0.660. The molecule has 194 valence electrons. The summed E-state index contributed by atoms with van der Waals surface area (Å²) in [6.07, 6.45) is 2.86. The molecule has 0 bridgehead atoms. The molecular formula is C24H31N11O2. The summed E-state index contributed by atoms with van der Waals surface area (Å²) < 4.78 is 1.37. The van der Waals surface area contributed by atoms with Crippen LogP contribution in [0.5, 0.6) is 0 Å². The lowest BCUT2D eigenvalue weighted by Crippen LogP contribution is -2.37. The maximum absolute atomic E-state index is 12.8. The Morgan fingerprint density at radius 1 is 1.27 bits per heavy atom. The number of amides is 2. The number of nitrogens with two attached hydrogens (primary N) is 1. The van der Waals surface area contributed by atoms with Gasteiger partial charge in [-0.1, -0.05) is 18.2 Å². The summed E-state index contributed by atoms with van der Waals surface area (Å²) in [5.74, 6) is 0.0194. The molecule has 0 spiro atoms. The van der Waals surface area contributed by atoms with Gasteiger partial charge in [-0.15, -0.1) is 5.10 Å². The Labute approximate surface area is 214 Å². The molecule has 2 heterocycles. The van der Waals surface area contributed by atoms with Crippen LogP contribution in [0.25, 0.3) is 10.9 Å². The summed E-state index contributed by atoms with van der Waals surface area (Å²) in [6.45, 7) is 8.22. The molecule has 1 aromatic carbocycles. The Morgan fingerprint density at radius 3 is 2.73 bits per heavy atom. The van der Waals surface area contributed by atoms with Gasteiger partial charge in [0, 0.05) is 50.9 Å². The molecule has 2 aromatic heterocycles. The monoisotopic (exact) mass is 505 g/mol. The van der Waals surface area contributed by atoms with Gasteiger partial charge >= 0.3 is 0 Å². The van der Waals surface area contributed by atoms with Gasteiger partial charge in [-0.05, 0) is 42.6 Å². The molecule has 0 aliphatic rings. The maximum atomic E-state index is 12.8. The minimum Gasteiger partial charge on any atom is -0.382 e. The van der Waals surface area contributed by atoms with Gasteiger partial charge in [0.1, 0.15) is 18.7 Å². The molecule has 0 fully saturated rings. The lowest BCUT2D eigenvalue weighted by Gasteiger charge is -2.25. The topological polar surface area (TPSA) is 160 Å². The molecule has 0 saturated heterocycles. The number of nitrogens with zero attached hydrogens (tertiary/aromatic N) is 9. The molecule has 13 nitrogen and oxygen atoms in total. The van der Waals surface area contributed by atoms with Gasteiger partial charge < -0.3 is 20.9 Å². The number of carbonyl (C=O) groups excluding carboxylic acids is 2. The van der Waals surface area contributed by atoms with Crippen molar-refractivity contribution < 1.29 is 9.59 Å². The van der Waals surface area contributed by atoms with E-state index in [0.29, 0.717) is 18.9 Å². The van der Waals surface area contributed by atoms with E-state index in [1.807, 2.05) is 43.1 Å². The lowest BCUT2D eigenvalue weighted by molar-refractivity contribution is -0.130. The van der Waals surface area contributed by atoms with E-state index in [4.69, 9.17) is 10.7 Å². The summed E-state index contributed by atoms with van der Waals surface area (Å²) in [6, 6.07) is 7.93. The maximum Gasteiger partial charge on any atom is 0.273 e. The average molecular weight is 506 g/mol. The first-order valence-electron chi connectivity index (χ1n) is 11.5. The number of likely N-dealkylation sites (N-methyl/N-ethyl adjacent to an activating group) is 2. The van der Waals surface area contributed by atoms with Crippen LogP contribution in [-0.2, 0) is 22.7 Å². The van der Waals surface area contributed by atoms with Crippen molar-refractivity contribution in [2.24, 2.45) is 15.7 Å². The minimum absolute atomic E-state index is 0.0142. The fourth-order valence-corrected chi connectivity index (χ4v) is 3.59. The van der Waals surface area contributed by atoms with Gasteiger partial charge in [0.2, 0.25) is 5.91 Å². The van der Waals surface area contributed by atoms with Crippen LogP contribution in [0.2, 0.25) is 0 Å². The molecule has 0 aliphatic heterocycles. The molecule has 37 heavy (non-hydrogen) atoms. The van der Waals surface area contributed by atoms with Gasteiger partial charge in [0.15, 0.2) is 11.5 Å². The van der Waals surface area contributed by atoms with E-state index in [0.717, 1.165) is 22.0 Å². The fourth-order valence-electron chi connectivity index (χ4n) is 3.59. The van der Waals surface area contributed by atoms with Crippen molar-refractivity contribution in [2.45, 2.75) is 26.9 Å². The third-order valence-electron chi connectivity index (χ3n) is 5.68. The lowest BCUT2D eigenvalue weighted by atomic mass is 10.1. The fraction of sp³-hybridized carbons (Fsp3) is 0.333. The number of nitrogens with one attached hydrogen (secondary N) is 1. The summed E-state index contributed by atoms with van der Waals surface area (Å²) in [4.78, 5) is 41.4. The summed E-state index contributed by atoms with van der Waals surface area (Å²) >= 11 is 0. The Kier molecular flexibility index (Phi) is 8.97. The van der Waals surface area contributed by atoms with Crippen LogP contribution in [0.1, 0.15) is 18.1 Å². The van der Waals surface area contributed by atoms with Crippen molar-refractivity contribution in [3.05, 3.63) is 53.2 Å². The van der Waals surface area contributed by atoms with Crippen LogP contribution in [-0.4, -0.2) is 82.0 Å². The highest BCUT2D eigenvalue weighted by atomic mass is 16.2. The Balaban J connectivity index is 1.81. The second-order valence-electron chi connectivity index (χ2n) is 8.32. The average Bonchev–Trinajstić information content (AvgIpc) is 3.41. The zero-order valence-corrected chi connectivity index (χ0v) is 21.4. The van der Waals surface area contributed by atoms with E-state index >= 15 is 0 Å². The highest BCUT2D eigenvalue weighted by molar-refractivity contribution is 5.95. The van der Waals surface area contributed by atoms with Crippen molar-refractivity contribution in [2.75, 3.05) is 32.1 Å². The number of carbonyl (C=O) groups is 2. The molecule has 0 unspecified atom stereocenters. The molecule has 2 amide bonds. The van der Waals surface area contributed by atoms with Gasteiger partial charge in [-0.25, -0.2) is 14.7 Å². The molecule has 3 N–H and O–H groups in total. The first-order chi connectivity index (χ1) is 17.7. The number of tetrazole rings is 1. The van der Waals surface area contributed by atoms with Gasteiger partial charge in [-0.3, -0.25) is 14.6 Å². The number of fused-ring (bicyclic) bond motifs is 1. The number of benzene rings is 1. The summed E-state index contributed by atoms with van der Waals surface area (Å²) in [7, 11) is 3.61. The standard InChI is InChI=1S/C24H31N11O2/c1-6-27-21(22(25)26-3)24(37)28-13-18-12-17-9-7-8-16(2)20(17)30-23(18)34(5)11-10-33(4)19(36)14-35-15-29-31-32-35/h6-9,12,15H,3,10-11,13-14,25H2,1-2,4-5H3,(H,28,37)/b22-21-,27-6-. The number of para-hydroxylation sites is 1. The molecule has 0 aliphatic carbocycles. The SMILES string of the molecule is C=N/C(N)=C(\N=C/C)C(=O)NCc1cc2cccc(C)c2nc1N(C)CCN(C)C(=O)Cn1cnnn1. The zero-order valence-electron chi connectivity index (χ0n) is 21.4. The van der Waals surface area contributed by atoms with E-state index in [9.17, 15) is 9.59 Å². The molecule has 13 heteroatoms. The molecule has 3 rings (SSSR count). The van der Waals surface area contributed by atoms with Crippen molar-refractivity contribution in [3.63, 3.8) is 0 Å². The molecular weight excluding hydrogens is 474 g/mol. The highest BCUT2D eigenvalue weighted by Crippen LogP contribution is 2.25. The van der Waals surface area contributed by atoms with Crippen LogP contribution in [0, 0.1) is 6.92 Å². The molecule has 3 aromatic rings. The second-order valence-corrected chi connectivity index (χ2v) is 8.32. The van der Waals surface area contributed by atoms with E-state index in [1.165, 1.54) is 17.2 Å². The predicted molar refractivity (Wildman–Crippen MR) is 142 cm³/mol. The van der Waals surface area contributed by atoms with Crippen LogP contribution < -0.4 is 16.0 Å². The molecule has 0 atom stereocenters.